The molecule has 0 radical (unpaired) electrons. The maximum Gasteiger partial charge on any atom is 0.238 e. The Morgan fingerprint density at radius 3 is 1.73 bits per heavy atom. The molecule has 6 aromatic carbocycles. The lowest BCUT2D eigenvalue weighted by molar-refractivity contribution is 0.955. The Labute approximate surface area is 257 Å². The number of thiophene rings is 1. The summed E-state index contributed by atoms with van der Waals surface area (Å²) in [4.78, 5) is 15.4. The first-order valence-electron chi connectivity index (χ1n) is 14.6. The van der Waals surface area contributed by atoms with Gasteiger partial charge in [-0.2, -0.15) is 9.97 Å². The van der Waals surface area contributed by atoms with Gasteiger partial charge in [0.2, 0.25) is 5.95 Å². The largest absolute Gasteiger partial charge is 0.277 e. The molecule has 5 heteroatoms. The second-order valence-corrected chi connectivity index (χ2v) is 12.0. The van der Waals surface area contributed by atoms with Gasteiger partial charge in [0, 0.05) is 42.1 Å². The van der Waals surface area contributed by atoms with Crippen molar-refractivity contribution in [3.63, 3.8) is 0 Å². The summed E-state index contributed by atoms with van der Waals surface area (Å²) < 4.78 is 4.76. The first kappa shape index (κ1) is 24.9. The molecule has 44 heavy (non-hydrogen) atoms. The van der Waals surface area contributed by atoms with Gasteiger partial charge >= 0.3 is 0 Å². The summed E-state index contributed by atoms with van der Waals surface area (Å²) in [5.41, 5.74) is 6.42. The van der Waals surface area contributed by atoms with Gasteiger partial charge in [-0.15, -0.1) is 11.3 Å². The van der Waals surface area contributed by atoms with E-state index in [1.54, 1.807) is 0 Å². The Morgan fingerprint density at radius 2 is 0.977 bits per heavy atom. The number of benzene rings is 6. The summed E-state index contributed by atoms with van der Waals surface area (Å²) in [6.07, 6.45) is 0. The highest BCUT2D eigenvalue weighted by Gasteiger charge is 2.21. The van der Waals surface area contributed by atoms with Gasteiger partial charge < -0.3 is 0 Å². The van der Waals surface area contributed by atoms with E-state index in [9.17, 15) is 0 Å². The van der Waals surface area contributed by atoms with Crippen LogP contribution in [0.4, 0.5) is 0 Å². The van der Waals surface area contributed by atoms with Crippen molar-refractivity contribution in [3.8, 4) is 39.9 Å². The summed E-state index contributed by atoms with van der Waals surface area (Å²) in [7, 11) is 0. The van der Waals surface area contributed by atoms with Crippen LogP contribution < -0.4 is 0 Å². The quantitative estimate of drug-likeness (QED) is 0.208. The molecule has 3 aromatic heterocycles. The molecule has 0 N–H and O–H groups in total. The monoisotopic (exact) mass is 580 g/mol. The van der Waals surface area contributed by atoms with E-state index in [2.05, 4.69) is 126 Å². The van der Waals surface area contributed by atoms with Gasteiger partial charge in [-0.25, -0.2) is 4.98 Å². The fourth-order valence-electron chi connectivity index (χ4n) is 6.23. The number of aromatic nitrogens is 4. The van der Waals surface area contributed by atoms with E-state index in [-0.39, 0.29) is 0 Å². The van der Waals surface area contributed by atoms with E-state index in [1.807, 2.05) is 35.6 Å². The maximum atomic E-state index is 5.19. The van der Waals surface area contributed by atoms with Crippen molar-refractivity contribution in [1.29, 1.82) is 0 Å². The van der Waals surface area contributed by atoms with E-state index in [0.717, 1.165) is 27.7 Å². The zero-order valence-electron chi connectivity index (χ0n) is 23.6. The van der Waals surface area contributed by atoms with E-state index in [4.69, 9.17) is 15.0 Å². The van der Waals surface area contributed by atoms with E-state index in [1.165, 1.54) is 36.5 Å². The molecule has 9 rings (SSSR count). The summed E-state index contributed by atoms with van der Waals surface area (Å²) in [5.74, 6) is 1.89. The van der Waals surface area contributed by atoms with Gasteiger partial charge in [0.1, 0.15) is 0 Å². The lowest BCUT2D eigenvalue weighted by Crippen LogP contribution is -2.06. The Hall–Kier alpha value is -5.65. The molecule has 0 aliphatic carbocycles. The number of hydrogen-bond acceptors (Lipinski definition) is 4. The first-order valence-corrected chi connectivity index (χ1v) is 15.4. The smallest absolute Gasteiger partial charge is 0.238 e. The minimum Gasteiger partial charge on any atom is -0.277 e. The van der Waals surface area contributed by atoms with Crippen LogP contribution in [0, 0.1) is 0 Å². The molecule has 0 atom stereocenters. The number of fused-ring (bicyclic) bond motifs is 7. The van der Waals surface area contributed by atoms with Crippen molar-refractivity contribution in [1.82, 2.24) is 19.5 Å². The molecule has 0 aliphatic rings. The third kappa shape index (κ3) is 3.94. The Balaban J connectivity index is 1.34. The molecule has 0 saturated heterocycles. The van der Waals surface area contributed by atoms with Crippen molar-refractivity contribution < 1.29 is 0 Å². The van der Waals surface area contributed by atoms with Crippen LogP contribution in [0.5, 0.6) is 0 Å². The molecule has 0 spiro atoms. The molecule has 9 aromatic rings. The number of para-hydroxylation sites is 1. The Morgan fingerprint density at radius 1 is 0.409 bits per heavy atom. The SMILES string of the molecule is c1ccc(-c2ccc(-c3nc(-c4ccccc4)nc(-n4c5ccccc5c5ccc6sc7ccccc7c6c54)n3)cc2)cc1. The van der Waals surface area contributed by atoms with Crippen LogP contribution in [-0.4, -0.2) is 19.5 Å². The number of hydrogen-bond donors (Lipinski definition) is 0. The Bertz CT molecular complexity index is 2480. The minimum atomic E-state index is 0.606. The zero-order valence-corrected chi connectivity index (χ0v) is 24.4. The van der Waals surface area contributed by atoms with Crippen LogP contribution in [0.15, 0.2) is 146 Å². The minimum absolute atomic E-state index is 0.606. The van der Waals surface area contributed by atoms with Gasteiger partial charge in [0.15, 0.2) is 11.6 Å². The van der Waals surface area contributed by atoms with Crippen LogP contribution in [0.3, 0.4) is 0 Å². The van der Waals surface area contributed by atoms with Gasteiger partial charge in [0.05, 0.1) is 11.0 Å². The van der Waals surface area contributed by atoms with Gasteiger partial charge in [-0.05, 0) is 29.3 Å². The third-order valence-electron chi connectivity index (χ3n) is 8.28. The van der Waals surface area contributed by atoms with Crippen molar-refractivity contribution >= 4 is 53.3 Å². The summed E-state index contributed by atoms with van der Waals surface area (Å²) in [5, 5.41) is 4.84. The summed E-state index contributed by atoms with van der Waals surface area (Å²) >= 11 is 1.82. The van der Waals surface area contributed by atoms with Crippen LogP contribution in [0.1, 0.15) is 0 Å². The second-order valence-electron chi connectivity index (χ2n) is 10.9. The molecule has 4 nitrogen and oxygen atoms in total. The standard InChI is InChI=1S/C39H24N4S/c1-3-11-25(12-4-1)26-19-21-28(22-20-26)38-40-37(27-13-5-2-6-14-27)41-39(42-38)43-32-17-9-7-15-29(32)30-23-24-34-35(36(30)43)31-16-8-10-18-33(31)44-34/h1-24H. The molecule has 0 bridgehead atoms. The highest BCUT2D eigenvalue weighted by atomic mass is 32.1. The van der Waals surface area contributed by atoms with Crippen LogP contribution in [-0.2, 0) is 0 Å². The molecule has 0 amide bonds. The number of nitrogens with zero attached hydrogens (tertiary/aromatic N) is 4. The summed E-state index contributed by atoms with van der Waals surface area (Å²) in [6, 6.07) is 50.7. The predicted molar refractivity (Wildman–Crippen MR) is 183 cm³/mol. The van der Waals surface area contributed by atoms with Gasteiger partial charge in [-0.1, -0.05) is 127 Å². The Kier molecular flexibility index (Phi) is 5.64. The molecule has 0 aliphatic heterocycles. The molecule has 0 saturated carbocycles. The van der Waals surface area contributed by atoms with Crippen LogP contribution in [0.25, 0.3) is 81.8 Å². The van der Waals surface area contributed by atoms with Crippen molar-refractivity contribution in [3.05, 3.63) is 146 Å². The fourth-order valence-corrected chi connectivity index (χ4v) is 7.33. The van der Waals surface area contributed by atoms with E-state index >= 15 is 0 Å². The normalized spacial score (nSPS) is 11.6. The van der Waals surface area contributed by atoms with Crippen LogP contribution >= 0.6 is 11.3 Å². The van der Waals surface area contributed by atoms with Crippen molar-refractivity contribution in [2.45, 2.75) is 0 Å². The molecular weight excluding hydrogens is 557 g/mol. The lowest BCUT2D eigenvalue weighted by atomic mass is 10.0. The molecule has 0 fully saturated rings. The second kappa shape index (κ2) is 9.97. The first-order chi connectivity index (χ1) is 21.8. The molecule has 0 unspecified atom stereocenters. The van der Waals surface area contributed by atoms with E-state index in [0.29, 0.717) is 17.6 Å². The molecular formula is C39H24N4S. The topological polar surface area (TPSA) is 43.6 Å². The number of rotatable bonds is 4. The molecule has 206 valence electrons. The maximum absolute atomic E-state index is 5.19. The van der Waals surface area contributed by atoms with E-state index < -0.39 is 0 Å². The highest BCUT2D eigenvalue weighted by Crippen LogP contribution is 2.42. The average Bonchev–Trinajstić information content (AvgIpc) is 3.65. The average molecular weight is 581 g/mol. The zero-order chi connectivity index (χ0) is 29.0. The molecule has 3 heterocycles. The predicted octanol–water partition coefficient (Wildman–Crippen LogP) is 10.3. The highest BCUT2D eigenvalue weighted by molar-refractivity contribution is 7.26. The van der Waals surface area contributed by atoms with Gasteiger partial charge in [-0.3, -0.25) is 4.57 Å². The third-order valence-corrected chi connectivity index (χ3v) is 9.42. The van der Waals surface area contributed by atoms with Crippen LogP contribution in [0.2, 0.25) is 0 Å². The summed E-state index contributed by atoms with van der Waals surface area (Å²) in [6.45, 7) is 0. The lowest BCUT2D eigenvalue weighted by Gasteiger charge is -2.12. The fraction of sp³-hybridized carbons (Fsp3) is 0. The van der Waals surface area contributed by atoms with Crippen molar-refractivity contribution in [2.75, 3.05) is 0 Å². The van der Waals surface area contributed by atoms with Gasteiger partial charge in [0.25, 0.3) is 0 Å². The van der Waals surface area contributed by atoms with Crippen molar-refractivity contribution in [2.24, 2.45) is 0 Å².